The number of halogens is 1. The van der Waals surface area contributed by atoms with Gasteiger partial charge in [0.25, 0.3) is 0 Å². The molecule has 1 saturated heterocycles. The van der Waals surface area contributed by atoms with Gasteiger partial charge in [-0.25, -0.2) is 4.39 Å². The Balaban J connectivity index is 1.33. The molecule has 0 N–H and O–H groups in total. The lowest BCUT2D eigenvalue weighted by Crippen LogP contribution is -2.51. The molecule has 6 heteroatoms. The lowest BCUT2D eigenvalue weighted by molar-refractivity contribution is 0.0711. The molecular formula is C18H23FN4O. The standard InChI is InChI=1S/C18H23FN4O/c1-13-10-22(12-16-8-18(24-21-16)14-2-3-14)6-7-23(13)11-15-4-5-20-9-17(15)19/h4-5,8-9,13-14H,2-3,6-7,10-12H2,1H3. The number of nitrogens with zero attached hydrogens (tertiary/aromatic N) is 4. The predicted octanol–water partition coefficient (Wildman–Crippen LogP) is 2.79. The molecule has 5 nitrogen and oxygen atoms in total. The Morgan fingerprint density at radius 3 is 2.92 bits per heavy atom. The molecule has 1 unspecified atom stereocenters. The molecule has 2 aliphatic rings. The summed E-state index contributed by atoms with van der Waals surface area (Å²) in [5, 5.41) is 4.21. The zero-order chi connectivity index (χ0) is 16.5. The Bertz CT molecular complexity index is 700. The maximum atomic E-state index is 13.8. The summed E-state index contributed by atoms with van der Waals surface area (Å²) in [6, 6.07) is 4.26. The molecule has 24 heavy (non-hydrogen) atoms. The number of rotatable bonds is 5. The summed E-state index contributed by atoms with van der Waals surface area (Å²) in [7, 11) is 0. The predicted molar refractivity (Wildman–Crippen MR) is 87.8 cm³/mol. The van der Waals surface area contributed by atoms with Gasteiger partial charge in [-0.3, -0.25) is 14.8 Å². The number of aromatic nitrogens is 2. The van der Waals surface area contributed by atoms with Gasteiger partial charge in [-0.15, -0.1) is 0 Å². The third-order valence-electron chi connectivity index (χ3n) is 5.02. The first-order valence-corrected chi connectivity index (χ1v) is 8.69. The second-order valence-electron chi connectivity index (χ2n) is 7.02. The van der Waals surface area contributed by atoms with E-state index >= 15 is 0 Å². The molecule has 2 aromatic heterocycles. The van der Waals surface area contributed by atoms with Crippen LogP contribution in [0.5, 0.6) is 0 Å². The molecule has 1 atom stereocenters. The van der Waals surface area contributed by atoms with Gasteiger partial charge in [-0.2, -0.15) is 0 Å². The van der Waals surface area contributed by atoms with Crippen LogP contribution >= 0.6 is 0 Å². The molecule has 2 fully saturated rings. The molecule has 0 bridgehead atoms. The molecule has 0 aromatic carbocycles. The molecule has 3 heterocycles. The van der Waals surface area contributed by atoms with Crippen LogP contribution in [0.1, 0.15) is 42.7 Å². The second kappa shape index (κ2) is 6.61. The Labute approximate surface area is 141 Å². The monoisotopic (exact) mass is 330 g/mol. The van der Waals surface area contributed by atoms with Crippen LogP contribution in [0.4, 0.5) is 4.39 Å². The Kier molecular flexibility index (Phi) is 4.33. The molecule has 4 rings (SSSR count). The fourth-order valence-electron chi connectivity index (χ4n) is 3.39. The average molecular weight is 330 g/mol. The molecule has 128 valence electrons. The lowest BCUT2D eigenvalue weighted by Gasteiger charge is -2.39. The maximum absolute atomic E-state index is 13.8. The fourth-order valence-corrected chi connectivity index (χ4v) is 3.39. The van der Waals surface area contributed by atoms with Gasteiger partial charge in [-0.05, 0) is 25.8 Å². The normalized spacial score (nSPS) is 22.8. The summed E-state index contributed by atoms with van der Waals surface area (Å²) in [4.78, 5) is 8.55. The smallest absolute Gasteiger partial charge is 0.145 e. The second-order valence-corrected chi connectivity index (χ2v) is 7.02. The summed E-state index contributed by atoms with van der Waals surface area (Å²) in [6.45, 7) is 6.51. The van der Waals surface area contributed by atoms with Crippen molar-refractivity contribution in [3.63, 3.8) is 0 Å². The van der Waals surface area contributed by atoms with E-state index in [1.165, 1.54) is 19.0 Å². The fraction of sp³-hybridized carbons (Fsp3) is 0.556. The van der Waals surface area contributed by atoms with Gasteiger partial charge >= 0.3 is 0 Å². The van der Waals surface area contributed by atoms with Crippen LogP contribution in [0.15, 0.2) is 29.0 Å². The van der Waals surface area contributed by atoms with E-state index in [1.54, 1.807) is 12.3 Å². The van der Waals surface area contributed by atoms with E-state index in [-0.39, 0.29) is 5.82 Å². The van der Waals surface area contributed by atoms with Crippen molar-refractivity contribution >= 4 is 0 Å². The Morgan fingerprint density at radius 1 is 1.29 bits per heavy atom. The van der Waals surface area contributed by atoms with E-state index in [0.717, 1.165) is 43.2 Å². The molecule has 1 aliphatic heterocycles. The van der Waals surface area contributed by atoms with Gasteiger partial charge in [-0.1, -0.05) is 5.16 Å². The SMILES string of the molecule is CC1CN(Cc2cc(C3CC3)on2)CCN1Cc1ccncc1F. The first kappa shape index (κ1) is 15.7. The molecular weight excluding hydrogens is 307 g/mol. The highest BCUT2D eigenvalue weighted by Crippen LogP contribution is 2.40. The first-order chi connectivity index (χ1) is 11.7. The van der Waals surface area contributed by atoms with Crippen LogP contribution in [0.25, 0.3) is 0 Å². The highest BCUT2D eigenvalue weighted by molar-refractivity contribution is 5.15. The van der Waals surface area contributed by atoms with Crippen LogP contribution in [-0.2, 0) is 13.1 Å². The van der Waals surface area contributed by atoms with Crippen molar-refractivity contribution in [1.29, 1.82) is 0 Å². The molecule has 2 aromatic rings. The minimum absolute atomic E-state index is 0.220. The van der Waals surface area contributed by atoms with E-state index in [4.69, 9.17) is 4.52 Å². The molecule has 0 amide bonds. The first-order valence-electron chi connectivity index (χ1n) is 8.69. The van der Waals surface area contributed by atoms with Gasteiger partial charge in [0, 0.05) is 62.5 Å². The van der Waals surface area contributed by atoms with E-state index in [0.29, 0.717) is 18.5 Å². The number of piperazine rings is 1. The van der Waals surface area contributed by atoms with Gasteiger partial charge in [0.2, 0.25) is 0 Å². The van der Waals surface area contributed by atoms with E-state index in [9.17, 15) is 4.39 Å². The van der Waals surface area contributed by atoms with E-state index in [1.807, 2.05) is 0 Å². The van der Waals surface area contributed by atoms with Crippen LogP contribution in [0, 0.1) is 5.82 Å². The van der Waals surface area contributed by atoms with Crippen LogP contribution < -0.4 is 0 Å². The summed E-state index contributed by atoms with van der Waals surface area (Å²) < 4.78 is 19.2. The van der Waals surface area contributed by atoms with E-state index in [2.05, 4.69) is 32.9 Å². The largest absolute Gasteiger partial charge is 0.361 e. The molecule has 1 saturated carbocycles. The van der Waals surface area contributed by atoms with Crippen LogP contribution in [0.2, 0.25) is 0 Å². The summed E-state index contributed by atoms with van der Waals surface area (Å²) in [5.74, 6) is 1.43. The Morgan fingerprint density at radius 2 is 2.17 bits per heavy atom. The number of hydrogen-bond donors (Lipinski definition) is 0. The Hall–Kier alpha value is -1.79. The van der Waals surface area contributed by atoms with Crippen molar-refractivity contribution < 1.29 is 8.91 Å². The van der Waals surface area contributed by atoms with Crippen LogP contribution in [-0.4, -0.2) is 45.6 Å². The van der Waals surface area contributed by atoms with Crippen molar-refractivity contribution in [2.75, 3.05) is 19.6 Å². The third kappa shape index (κ3) is 3.49. The quantitative estimate of drug-likeness (QED) is 0.843. The third-order valence-corrected chi connectivity index (χ3v) is 5.02. The van der Waals surface area contributed by atoms with Gasteiger partial charge < -0.3 is 4.52 Å². The highest BCUT2D eigenvalue weighted by atomic mass is 19.1. The highest BCUT2D eigenvalue weighted by Gasteiger charge is 2.29. The summed E-state index contributed by atoms with van der Waals surface area (Å²) in [6.07, 6.45) is 5.41. The lowest BCUT2D eigenvalue weighted by atomic mass is 10.1. The topological polar surface area (TPSA) is 45.4 Å². The van der Waals surface area contributed by atoms with Gasteiger partial charge in [0.15, 0.2) is 0 Å². The minimum Gasteiger partial charge on any atom is -0.361 e. The average Bonchev–Trinajstić information content (AvgIpc) is 3.32. The zero-order valence-corrected chi connectivity index (χ0v) is 14.0. The van der Waals surface area contributed by atoms with Crippen molar-refractivity contribution in [2.24, 2.45) is 0 Å². The van der Waals surface area contributed by atoms with Crippen molar-refractivity contribution in [3.05, 3.63) is 47.4 Å². The van der Waals surface area contributed by atoms with Crippen LogP contribution in [0.3, 0.4) is 0 Å². The van der Waals surface area contributed by atoms with Crippen molar-refractivity contribution in [2.45, 2.75) is 44.8 Å². The molecule has 0 radical (unpaired) electrons. The summed E-state index contributed by atoms with van der Waals surface area (Å²) >= 11 is 0. The molecule has 1 aliphatic carbocycles. The van der Waals surface area contributed by atoms with Gasteiger partial charge in [0.05, 0.1) is 11.9 Å². The minimum atomic E-state index is -0.220. The maximum Gasteiger partial charge on any atom is 0.145 e. The summed E-state index contributed by atoms with van der Waals surface area (Å²) in [5.41, 5.74) is 1.74. The van der Waals surface area contributed by atoms with E-state index < -0.39 is 0 Å². The van der Waals surface area contributed by atoms with Crippen molar-refractivity contribution in [3.8, 4) is 0 Å². The zero-order valence-electron chi connectivity index (χ0n) is 14.0. The molecule has 0 spiro atoms. The number of hydrogen-bond acceptors (Lipinski definition) is 5. The van der Waals surface area contributed by atoms with Gasteiger partial charge in [0.1, 0.15) is 11.6 Å². The number of pyridine rings is 1. The van der Waals surface area contributed by atoms with Crippen molar-refractivity contribution in [1.82, 2.24) is 19.9 Å².